The van der Waals surface area contributed by atoms with Crippen LogP contribution in [0.25, 0.3) is 0 Å². The summed E-state index contributed by atoms with van der Waals surface area (Å²) in [6.07, 6.45) is 29.4. The van der Waals surface area contributed by atoms with Gasteiger partial charge in [0.2, 0.25) is 5.91 Å². The summed E-state index contributed by atoms with van der Waals surface area (Å²) < 4.78 is 34.4. The zero-order valence-corrected chi connectivity index (χ0v) is 53.0. The summed E-state index contributed by atoms with van der Waals surface area (Å²) in [6, 6.07) is -0.893. The molecule has 3 aliphatic heterocycles. The van der Waals surface area contributed by atoms with Crippen LogP contribution in [0, 0.1) is 0 Å². The van der Waals surface area contributed by atoms with Gasteiger partial charge in [0.1, 0.15) is 73.2 Å². The summed E-state index contributed by atoms with van der Waals surface area (Å²) in [4.78, 5) is 13.4. The van der Waals surface area contributed by atoms with Gasteiger partial charge in [-0.2, -0.15) is 0 Å². The van der Waals surface area contributed by atoms with Gasteiger partial charge in [0, 0.05) is 6.42 Å². The number of ether oxygens (including phenoxy) is 6. The molecule has 3 rings (SSSR count). The largest absolute Gasteiger partial charge is 0.394 e. The average Bonchev–Trinajstić information content (AvgIpc) is 2.24. The molecule has 0 aliphatic carbocycles. The number of carbonyl (C=O) groups excluding carboxylic acids is 1. The van der Waals surface area contributed by atoms with Crippen LogP contribution in [0.2, 0.25) is 0 Å². The smallest absolute Gasteiger partial charge is 0.220 e. The Kier molecular flexibility index (Phi) is 45.2. The van der Waals surface area contributed by atoms with Gasteiger partial charge in [-0.3, -0.25) is 4.79 Å². The van der Waals surface area contributed by atoms with Crippen molar-refractivity contribution >= 4 is 5.91 Å². The van der Waals surface area contributed by atoms with Crippen LogP contribution in [0.5, 0.6) is 0 Å². The lowest BCUT2D eigenvalue weighted by Gasteiger charge is -2.48. The maximum absolute atomic E-state index is 13.4. The molecule has 504 valence electrons. The molecule has 0 aromatic heterocycles. The molecule has 17 unspecified atom stereocenters. The molecule has 12 N–H and O–H groups in total. The van der Waals surface area contributed by atoms with Crippen molar-refractivity contribution in [2.75, 3.05) is 26.4 Å². The summed E-state index contributed by atoms with van der Waals surface area (Å²) >= 11 is 0. The summed E-state index contributed by atoms with van der Waals surface area (Å²) in [5.41, 5.74) is 0. The quantitative estimate of drug-likeness (QED) is 0.0201. The summed E-state index contributed by atoms with van der Waals surface area (Å²) in [5.74, 6) is -0.252. The molecule has 3 saturated heterocycles. The zero-order chi connectivity index (χ0) is 62.6. The number of hydrogen-bond acceptors (Lipinski definition) is 18. The van der Waals surface area contributed by atoms with E-state index in [2.05, 4.69) is 55.6 Å². The third-order valence-corrected chi connectivity index (χ3v) is 17.2. The van der Waals surface area contributed by atoms with Crippen LogP contribution in [0.15, 0.2) is 36.5 Å². The molecule has 0 spiro atoms. The van der Waals surface area contributed by atoms with Crippen LogP contribution in [0.3, 0.4) is 0 Å². The van der Waals surface area contributed by atoms with Crippen molar-refractivity contribution in [3.8, 4) is 0 Å². The van der Waals surface area contributed by atoms with Gasteiger partial charge in [0.05, 0.1) is 38.6 Å². The molecule has 0 aromatic rings. The molecule has 0 bridgehead atoms. The van der Waals surface area contributed by atoms with E-state index >= 15 is 0 Å². The van der Waals surface area contributed by atoms with Crippen LogP contribution in [-0.4, -0.2) is 193 Å². The minimum absolute atomic E-state index is 0.252. The Bertz CT molecular complexity index is 1710. The van der Waals surface area contributed by atoms with E-state index in [-0.39, 0.29) is 18.9 Å². The van der Waals surface area contributed by atoms with E-state index in [0.717, 1.165) is 89.9 Å². The minimum atomic E-state index is -1.97. The first kappa shape index (κ1) is 78.3. The Balaban J connectivity index is 1.44. The number of allylic oxidation sites excluding steroid dienone is 6. The fourth-order valence-electron chi connectivity index (χ4n) is 11.7. The predicted octanol–water partition coefficient (Wildman–Crippen LogP) is 8.44. The van der Waals surface area contributed by atoms with Crippen molar-refractivity contribution in [3.05, 3.63) is 36.5 Å². The van der Waals surface area contributed by atoms with E-state index in [0.29, 0.717) is 12.8 Å². The molecule has 19 nitrogen and oxygen atoms in total. The van der Waals surface area contributed by atoms with Crippen molar-refractivity contribution in [3.63, 3.8) is 0 Å². The second-order valence-electron chi connectivity index (χ2n) is 24.6. The standard InChI is InChI=1S/C67H123NO18/c1-3-5-7-9-11-13-15-17-19-21-22-23-24-25-26-27-29-30-32-34-36-38-40-42-44-51(72)50(68-55(73)45-43-41-39-37-35-33-31-28-20-18-16-14-12-10-8-6-4-2)49-81-65-61(79)58(76)63(53(47-70)83-65)86-67-62(80)59(77)64(54(48-71)84-67)85-66-60(78)57(75)56(74)52(46-69)82-66/h6,8,12,14,18,20,50-54,56-67,69-72,74-80H,3-5,7,9-11,13,15-17,19,21-49H2,1-2H3,(H,68,73)/b8-6-,14-12-,20-18-. The maximum Gasteiger partial charge on any atom is 0.220 e. The van der Waals surface area contributed by atoms with Crippen molar-refractivity contribution < 1.29 is 89.4 Å². The Morgan fingerprint density at radius 2 is 0.802 bits per heavy atom. The number of aliphatic hydroxyl groups is 11. The van der Waals surface area contributed by atoms with E-state index < -0.39 is 124 Å². The van der Waals surface area contributed by atoms with Crippen LogP contribution in [0.1, 0.15) is 251 Å². The van der Waals surface area contributed by atoms with Crippen LogP contribution >= 0.6 is 0 Å². The van der Waals surface area contributed by atoms with Gasteiger partial charge in [-0.25, -0.2) is 0 Å². The predicted molar refractivity (Wildman–Crippen MR) is 333 cm³/mol. The number of carbonyl (C=O) groups is 1. The van der Waals surface area contributed by atoms with E-state index in [1.165, 1.54) is 128 Å². The Morgan fingerprint density at radius 1 is 0.430 bits per heavy atom. The molecule has 3 heterocycles. The first-order valence-electron chi connectivity index (χ1n) is 34.2. The van der Waals surface area contributed by atoms with Crippen LogP contribution < -0.4 is 5.32 Å². The normalized spacial score (nSPS) is 29.0. The van der Waals surface area contributed by atoms with Gasteiger partial charge in [0.25, 0.3) is 0 Å². The van der Waals surface area contributed by atoms with Gasteiger partial charge >= 0.3 is 0 Å². The SMILES string of the molecule is CC/C=C\C/C=C\C/C=C\CCCCCCCCCC(=O)NC(COC1OC(CO)C(OC2OC(CO)C(OC3OC(CO)C(O)C(O)C3O)C(O)C2O)C(O)C1O)C(O)CCCCCCCCCCCCCCCCCCCCCCCCCC. The molecule has 3 aliphatic rings. The van der Waals surface area contributed by atoms with Crippen LogP contribution in [0.4, 0.5) is 0 Å². The van der Waals surface area contributed by atoms with E-state index in [4.69, 9.17) is 28.4 Å². The third-order valence-electron chi connectivity index (χ3n) is 17.2. The van der Waals surface area contributed by atoms with Gasteiger partial charge < -0.3 is 89.9 Å². The lowest BCUT2D eigenvalue weighted by Crippen LogP contribution is -2.66. The molecule has 86 heavy (non-hydrogen) atoms. The molecule has 17 atom stereocenters. The van der Waals surface area contributed by atoms with E-state index in [1.54, 1.807) is 0 Å². The second kappa shape index (κ2) is 49.7. The van der Waals surface area contributed by atoms with Crippen molar-refractivity contribution in [2.45, 2.75) is 356 Å². The number of unbranched alkanes of at least 4 members (excludes halogenated alkanes) is 30. The summed E-state index contributed by atoms with van der Waals surface area (Å²) in [7, 11) is 0. The molecule has 19 heteroatoms. The first-order chi connectivity index (χ1) is 41.8. The number of aliphatic hydroxyl groups excluding tert-OH is 11. The fraction of sp³-hybridized carbons (Fsp3) is 0.896. The second-order valence-corrected chi connectivity index (χ2v) is 24.6. The highest BCUT2D eigenvalue weighted by atomic mass is 16.8. The Morgan fingerprint density at radius 3 is 1.26 bits per heavy atom. The monoisotopic (exact) mass is 1230 g/mol. The average molecular weight is 1230 g/mol. The van der Waals surface area contributed by atoms with Crippen molar-refractivity contribution in [1.82, 2.24) is 5.32 Å². The minimum Gasteiger partial charge on any atom is -0.394 e. The van der Waals surface area contributed by atoms with E-state index in [9.17, 15) is 61.0 Å². The van der Waals surface area contributed by atoms with Crippen LogP contribution in [-0.2, 0) is 33.2 Å². The van der Waals surface area contributed by atoms with Gasteiger partial charge in [-0.05, 0) is 44.9 Å². The summed E-state index contributed by atoms with van der Waals surface area (Å²) in [6.45, 7) is 1.70. The molecular formula is C67H123NO18. The van der Waals surface area contributed by atoms with Gasteiger partial charge in [-0.15, -0.1) is 0 Å². The maximum atomic E-state index is 13.4. The number of nitrogens with one attached hydrogen (secondary N) is 1. The zero-order valence-electron chi connectivity index (χ0n) is 53.0. The third kappa shape index (κ3) is 31.8. The number of rotatable bonds is 52. The number of amides is 1. The fourth-order valence-corrected chi connectivity index (χ4v) is 11.7. The Labute approximate surface area is 517 Å². The molecule has 0 aromatic carbocycles. The van der Waals surface area contributed by atoms with Gasteiger partial charge in [-0.1, -0.05) is 237 Å². The highest BCUT2D eigenvalue weighted by Gasteiger charge is 2.53. The topological polar surface area (TPSA) is 307 Å². The highest BCUT2D eigenvalue weighted by molar-refractivity contribution is 5.76. The lowest BCUT2D eigenvalue weighted by molar-refractivity contribution is -0.379. The van der Waals surface area contributed by atoms with Crippen molar-refractivity contribution in [2.24, 2.45) is 0 Å². The van der Waals surface area contributed by atoms with Gasteiger partial charge in [0.15, 0.2) is 18.9 Å². The first-order valence-corrected chi connectivity index (χ1v) is 34.2. The van der Waals surface area contributed by atoms with E-state index in [1.807, 2.05) is 0 Å². The molecule has 0 radical (unpaired) electrons. The number of hydrogen-bond donors (Lipinski definition) is 12. The highest BCUT2D eigenvalue weighted by Crippen LogP contribution is 2.33. The lowest BCUT2D eigenvalue weighted by atomic mass is 9.96. The summed E-state index contributed by atoms with van der Waals surface area (Å²) in [5, 5.41) is 121. The molecule has 3 fully saturated rings. The molecule has 0 saturated carbocycles. The van der Waals surface area contributed by atoms with Crippen molar-refractivity contribution in [1.29, 1.82) is 0 Å². The molecular weight excluding hydrogens is 1110 g/mol. The molecule has 1 amide bonds. The Hall–Kier alpha value is -1.99.